The first-order valence-corrected chi connectivity index (χ1v) is 10.4. The molecular weight excluding hydrogens is 405 g/mol. The van der Waals surface area contributed by atoms with Crippen molar-refractivity contribution in [2.24, 2.45) is 0 Å². The number of nitrogens with one attached hydrogen (secondary N) is 1. The van der Waals surface area contributed by atoms with Crippen LogP contribution in [0.4, 0.5) is 0 Å². The summed E-state index contributed by atoms with van der Waals surface area (Å²) in [6.07, 6.45) is 1.86. The number of benzene rings is 1. The second-order valence-electron chi connectivity index (χ2n) is 5.01. The Kier molecular flexibility index (Phi) is 7.56. The first-order chi connectivity index (χ1) is 11.4. The van der Waals surface area contributed by atoms with Crippen LogP contribution in [0.5, 0.6) is 0 Å². The number of carbonyl (C=O) groups is 1. The van der Waals surface area contributed by atoms with E-state index in [4.69, 9.17) is 35.4 Å². The van der Waals surface area contributed by atoms with E-state index < -0.39 is 0 Å². The van der Waals surface area contributed by atoms with Crippen molar-refractivity contribution < 1.29 is 4.79 Å². The quantitative estimate of drug-likeness (QED) is 0.482. The van der Waals surface area contributed by atoms with Gasteiger partial charge in [0.05, 0.1) is 21.5 Å². The predicted molar refractivity (Wildman–Crippen MR) is 106 cm³/mol. The summed E-state index contributed by atoms with van der Waals surface area (Å²) in [6.45, 7) is 4.12. The molecule has 1 aromatic heterocycles. The van der Waals surface area contributed by atoms with Gasteiger partial charge in [-0.1, -0.05) is 60.1 Å². The van der Waals surface area contributed by atoms with Crippen LogP contribution in [0, 0.1) is 3.95 Å². The summed E-state index contributed by atoms with van der Waals surface area (Å²) in [6, 6.07) is 5.45. The van der Waals surface area contributed by atoms with E-state index in [1.807, 2.05) is 0 Å². The minimum absolute atomic E-state index is 0.0101. The largest absolute Gasteiger partial charge is 0.353 e. The van der Waals surface area contributed by atoms with Crippen LogP contribution in [0.2, 0.25) is 10.0 Å². The van der Waals surface area contributed by atoms with Crippen LogP contribution in [-0.4, -0.2) is 27.5 Å². The third kappa shape index (κ3) is 5.20. The Balaban J connectivity index is 2.05. The highest BCUT2D eigenvalue weighted by Gasteiger charge is 2.12. The van der Waals surface area contributed by atoms with E-state index in [-0.39, 0.29) is 11.9 Å². The van der Waals surface area contributed by atoms with E-state index >= 15 is 0 Å². The van der Waals surface area contributed by atoms with Crippen molar-refractivity contribution in [3.05, 3.63) is 32.2 Å². The summed E-state index contributed by atoms with van der Waals surface area (Å²) in [5.74, 6) is 0.330. The monoisotopic (exact) mass is 421 g/mol. The zero-order valence-corrected chi connectivity index (χ0v) is 17.2. The Morgan fingerprint density at radius 3 is 2.71 bits per heavy atom. The van der Waals surface area contributed by atoms with Crippen LogP contribution in [0.25, 0.3) is 5.69 Å². The highest BCUT2D eigenvalue weighted by Crippen LogP contribution is 2.27. The van der Waals surface area contributed by atoms with Gasteiger partial charge in [-0.3, -0.25) is 4.79 Å². The van der Waals surface area contributed by atoms with Crippen LogP contribution in [0.1, 0.15) is 26.7 Å². The predicted octanol–water partition coefficient (Wildman–Crippen LogP) is 5.37. The van der Waals surface area contributed by atoms with Crippen LogP contribution in [0.3, 0.4) is 0 Å². The van der Waals surface area contributed by atoms with Gasteiger partial charge in [0.2, 0.25) is 5.91 Å². The molecule has 1 heterocycles. The highest BCUT2D eigenvalue weighted by atomic mass is 35.5. The molecule has 0 aliphatic rings. The molecule has 0 radical (unpaired) electrons. The van der Waals surface area contributed by atoms with E-state index in [1.54, 1.807) is 22.9 Å². The molecule has 1 amide bonds. The first-order valence-electron chi connectivity index (χ1n) is 7.42. The fourth-order valence-corrected chi connectivity index (χ4v) is 4.45. The van der Waals surface area contributed by atoms with E-state index in [2.05, 4.69) is 24.3 Å². The van der Waals surface area contributed by atoms with Crippen LogP contribution in [-0.2, 0) is 4.79 Å². The SMILES string of the molecule is CCC(CC)NC(=O)CSc1nn(-c2ccc(Cl)c(Cl)c2)c(=S)s1. The van der Waals surface area contributed by atoms with Gasteiger partial charge < -0.3 is 5.32 Å². The summed E-state index contributed by atoms with van der Waals surface area (Å²) in [5, 5.41) is 8.39. The standard InChI is InChI=1S/C15H17Cl2N3OS3/c1-3-9(4-2)18-13(21)8-23-14-19-20(15(22)24-14)10-5-6-11(16)12(17)7-10/h5-7,9H,3-4,8H2,1-2H3,(H,18,21). The number of rotatable bonds is 7. The molecule has 0 fully saturated rings. The van der Waals surface area contributed by atoms with Crippen LogP contribution >= 0.6 is 58.5 Å². The molecule has 0 bridgehead atoms. The van der Waals surface area contributed by atoms with E-state index in [9.17, 15) is 4.79 Å². The third-order valence-electron chi connectivity index (χ3n) is 3.35. The maximum absolute atomic E-state index is 12.0. The smallest absolute Gasteiger partial charge is 0.230 e. The molecule has 0 aliphatic carbocycles. The molecule has 1 aromatic carbocycles. The molecule has 1 N–H and O–H groups in total. The molecule has 0 atom stereocenters. The molecule has 24 heavy (non-hydrogen) atoms. The molecule has 9 heteroatoms. The van der Waals surface area contributed by atoms with Crippen molar-refractivity contribution >= 4 is 64.4 Å². The number of nitrogens with zero attached hydrogens (tertiary/aromatic N) is 2. The van der Waals surface area contributed by atoms with Crippen molar-refractivity contribution in [2.75, 3.05) is 5.75 Å². The second kappa shape index (κ2) is 9.20. The van der Waals surface area contributed by atoms with Crippen LogP contribution in [0.15, 0.2) is 22.5 Å². The van der Waals surface area contributed by atoms with Gasteiger partial charge in [-0.05, 0) is 43.3 Å². The molecule has 0 saturated heterocycles. The second-order valence-corrected chi connectivity index (χ2v) is 8.67. The average Bonchev–Trinajstić information content (AvgIpc) is 2.94. The molecule has 2 rings (SSSR count). The zero-order valence-electron chi connectivity index (χ0n) is 13.2. The third-order valence-corrected chi connectivity index (χ3v) is 6.46. The van der Waals surface area contributed by atoms with Crippen molar-refractivity contribution in [3.8, 4) is 5.69 Å². The van der Waals surface area contributed by atoms with Gasteiger partial charge in [-0.15, -0.1) is 5.10 Å². The van der Waals surface area contributed by atoms with Gasteiger partial charge in [-0.2, -0.15) is 0 Å². The first kappa shape index (κ1) is 19.7. The molecule has 0 saturated carbocycles. The van der Waals surface area contributed by atoms with Crippen molar-refractivity contribution in [2.45, 2.75) is 37.1 Å². The lowest BCUT2D eigenvalue weighted by Gasteiger charge is -2.13. The van der Waals surface area contributed by atoms with Crippen molar-refractivity contribution in [1.82, 2.24) is 15.1 Å². The molecule has 2 aromatic rings. The maximum atomic E-state index is 12.0. The van der Waals surface area contributed by atoms with Gasteiger partial charge in [0.15, 0.2) is 8.29 Å². The lowest BCUT2D eigenvalue weighted by molar-refractivity contribution is -0.119. The Labute approximate surface area is 164 Å². The van der Waals surface area contributed by atoms with E-state index in [0.29, 0.717) is 19.8 Å². The van der Waals surface area contributed by atoms with Gasteiger partial charge >= 0.3 is 0 Å². The normalized spacial score (nSPS) is 11.0. The topological polar surface area (TPSA) is 46.9 Å². The number of hydrogen-bond acceptors (Lipinski definition) is 5. The summed E-state index contributed by atoms with van der Waals surface area (Å²) < 4.78 is 2.96. The molecule has 0 aliphatic heterocycles. The average molecular weight is 422 g/mol. The van der Waals surface area contributed by atoms with Gasteiger partial charge in [0.1, 0.15) is 0 Å². The summed E-state index contributed by atoms with van der Waals surface area (Å²) in [5.41, 5.74) is 0.749. The van der Waals surface area contributed by atoms with Gasteiger partial charge in [-0.25, -0.2) is 4.68 Å². The fourth-order valence-electron chi connectivity index (χ4n) is 1.99. The summed E-state index contributed by atoms with van der Waals surface area (Å²) in [7, 11) is 0. The number of carbonyl (C=O) groups excluding carboxylic acids is 1. The molecular formula is C15H17Cl2N3OS3. The lowest BCUT2D eigenvalue weighted by Crippen LogP contribution is -2.34. The number of halogens is 2. The number of amides is 1. The zero-order chi connectivity index (χ0) is 17.7. The Morgan fingerprint density at radius 1 is 1.38 bits per heavy atom. The Morgan fingerprint density at radius 2 is 2.08 bits per heavy atom. The number of thioether (sulfide) groups is 1. The Hall–Kier alpha value is -0.600. The summed E-state index contributed by atoms with van der Waals surface area (Å²) >= 11 is 20.1. The van der Waals surface area contributed by atoms with Gasteiger partial charge in [0, 0.05) is 6.04 Å². The maximum Gasteiger partial charge on any atom is 0.230 e. The fraction of sp³-hybridized carbons (Fsp3) is 0.400. The van der Waals surface area contributed by atoms with Crippen molar-refractivity contribution in [1.29, 1.82) is 0 Å². The molecule has 0 unspecified atom stereocenters. The Bertz CT molecular complexity index is 772. The van der Waals surface area contributed by atoms with E-state index in [0.717, 1.165) is 22.9 Å². The lowest BCUT2D eigenvalue weighted by atomic mass is 10.2. The minimum Gasteiger partial charge on any atom is -0.353 e. The highest BCUT2D eigenvalue weighted by molar-refractivity contribution is 8.01. The minimum atomic E-state index is 0.0101. The summed E-state index contributed by atoms with van der Waals surface area (Å²) in [4.78, 5) is 12.0. The molecule has 4 nitrogen and oxygen atoms in total. The van der Waals surface area contributed by atoms with Crippen molar-refractivity contribution in [3.63, 3.8) is 0 Å². The van der Waals surface area contributed by atoms with Crippen LogP contribution < -0.4 is 5.32 Å². The van der Waals surface area contributed by atoms with Gasteiger partial charge in [0.25, 0.3) is 0 Å². The van der Waals surface area contributed by atoms with E-state index in [1.165, 1.54) is 23.1 Å². The number of aromatic nitrogens is 2. The number of hydrogen-bond donors (Lipinski definition) is 1. The molecule has 130 valence electrons. The molecule has 0 spiro atoms.